The highest BCUT2D eigenvalue weighted by Gasteiger charge is 2.18. The number of aryl methyl sites for hydroxylation is 1. The maximum atomic E-state index is 12.9. The van der Waals surface area contributed by atoms with Crippen molar-refractivity contribution in [2.75, 3.05) is 7.11 Å². The molecule has 31 heavy (non-hydrogen) atoms. The van der Waals surface area contributed by atoms with Gasteiger partial charge in [-0.1, -0.05) is 29.8 Å². The van der Waals surface area contributed by atoms with E-state index in [9.17, 15) is 9.59 Å². The Morgan fingerprint density at radius 3 is 2.65 bits per heavy atom. The van der Waals surface area contributed by atoms with Gasteiger partial charge in [-0.3, -0.25) is 9.59 Å². The molecule has 7 nitrogen and oxygen atoms in total. The SMILES string of the molecule is COc1ccc(-c2nn(CC(=O)NCc3ccccc3Cl)c(=O)c3nc(C)sc23)cc1. The number of benzene rings is 2. The quantitative estimate of drug-likeness (QED) is 0.478. The molecule has 0 radical (unpaired) electrons. The van der Waals surface area contributed by atoms with Crippen LogP contribution in [-0.4, -0.2) is 27.8 Å². The number of thiazole rings is 1. The van der Waals surface area contributed by atoms with Crippen molar-refractivity contribution < 1.29 is 9.53 Å². The van der Waals surface area contributed by atoms with Crippen LogP contribution in [0.5, 0.6) is 5.75 Å². The molecule has 0 fully saturated rings. The van der Waals surface area contributed by atoms with Crippen LogP contribution in [-0.2, 0) is 17.9 Å². The van der Waals surface area contributed by atoms with Gasteiger partial charge in [0.15, 0.2) is 5.52 Å². The second-order valence-electron chi connectivity index (χ2n) is 6.82. The number of nitrogens with one attached hydrogen (secondary N) is 1. The third-order valence-corrected chi connectivity index (χ3v) is 6.04. The lowest BCUT2D eigenvalue weighted by molar-refractivity contribution is -0.122. The lowest BCUT2D eigenvalue weighted by Crippen LogP contribution is -2.33. The Morgan fingerprint density at radius 1 is 1.19 bits per heavy atom. The van der Waals surface area contributed by atoms with Crippen molar-refractivity contribution in [3.8, 4) is 17.0 Å². The molecule has 2 aromatic heterocycles. The Bertz CT molecular complexity index is 1310. The van der Waals surface area contributed by atoms with Crippen LogP contribution in [0.4, 0.5) is 0 Å². The first kappa shape index (κ1) is 21.0. The molecule has 0 spiro atoms. The van der Waals surface area contributed by atoms with Crippen molar-refractivity contribution in [2.45, 2.75) is 20.0 Å². The van der Waals surface area contributed by atoms with E-state index in [1.54, 1.807) is 13.2 Å². The van der Waals surface area contributed by atoms with Gasteiger partial charge in [-0.25, -0.2) is 9.67 Å². The molecular weight excluding hydrogens is 436 g/mol. The first-order chi connectivity index (χ1) is 15.0. The lowest BCUT2D eigenvalue weighted by Gasteiger charge is -2.10. The van der Waals surface area contributed by atoms with E-state index in [0.29, 0.717) is 26.7 Å². The van der Waals surface area contributed by atoms with E-state index in [1.165, 1.54) is 11.3 Å². The molecule has 1 amide bonds. The Balaban J connectivity index is 1.65. The highest BCUT2D eigenvalue weighted by Crippen LogP contribution is 2.30. The van der Waals surface area contributed by atoms with E-state index in [0.717, 1.165) is 20.8 Å². The molecule has 0 atom stereocenters. The minimum Gasteiger partial charge on any atom is -0.497 e. The van der Waals surface area contributed by atoms with Gasteiger partial charge in [0.05, 0.1) is 16.8 Å². The first-order valence-electron chi connectivity index (χ1n) is 9.49. The van der Waals surface area contributed by atoms with Crippen molar-refractivity contribution in [3.05, 3.63) is 74.5 Å². The van der Waals surface area contributed by atoms with E-state index < -0.39 is 5.56 Å². The van der Waals surface area contributed by atoms with Crippen LogP contribution in [0.2, 0.25) is 5.02 Å². The summed E-state index contributed by atoms with van der Waals surface area (Å²) in [6.07, 6.45) is 0. The maximum Gasteiger partial charge on any atom is 0.294 e. The van der Waals surface area contributed by atoms with Crippen LogP contribution in [0, 0.1) is 6.92 Å². The van der Waals surface area contributed by atoms with Crippen LogP contribution >= 0.6 is 22.9 Å². The molecular formula is C22H19ClN4O3S. The van der Waals surface area contributed by atoms with E-state index in [1.807, 2.05) is 49.4 Å². The number of nitrogens with zero attached hydrogens (tertiary/aromatic N) is 3. The average Bonchev–Trinajstić information content (AvgIpc) is 3.17. The number of aromatic nitrogens is 3. The summed E-state index contributed by atoms with van der Waals surface area (Å²) in [5, 5.41) is 8.61. The zero-order valence-corrected chi connectivity index (χ0v) is 18.5. The molecule has 0 unspecified atom stereocenters. The van der Waals surface area contributed by atoms with Crippen molar-refractivity contribution in [2.24, 2.45) is 0 Å². The number of carbonyl (C=O) groups excluding carboxylic acids is 1. The summed E-state index contributed by atoms with van der Waals surface area (Å²) >= 11 is 7.54. The normalized spacial score (nSPS) is 10.9. The minimum atomic E-state index is -0.399. The summed E-state index contributed by atoms with van der Waals surface area (Å²) in [6.45, 7) is 1.87. The number of hydrogen-bond acceptors (Lipinski definition) is 6. The predicted octanol–water partition coefficient (Wildman–Crippen LogP) is 3.81. The lowest BCUT2D eigenvalue weighted by atomic mass is 10.1. The molecule has 0 saturated heterocycles. The fraction of sp³-hybridized carbons (Fsp3) is 0.182. The predicted molar refractivity (Wildman–Crippen MR) is 122 cm³/mol. The van der Waals surface area contributed by atoms with Gasteiger partial charge in [0, 0.05) is 17.1 Å². The fourth-order valence-corrected chi connectivity index (χ4v) is 4.26. The molecule has 0 aliphatic heterocycles. The smallest absolute Gasteiger partial charge is 0.294 e. The van der Waals surface area contributed by atoms with Crippen LogP contribution in [0.25, 0.3) is 21.5 Å². The van der Waals surface area contributed by atoms with Gasteiger partial charge >= 0.3 is 0 Å². The Labute approximate surface area is 187 Å². The van der Waals surface area contributed by atoms with Crippen LogP contribution in [0.15, 0.2) is 53.3 Å². The molecule has 0 bridgehead atoms. The number of hydrogen-bond donors (Lipinski definition) is 1. The van der Waals surface area contributed by atoms with Crippen LogP contribution < -0.4 is 15.6 Å². The number of fused-ring (bicyclic) bond motifs is 1. The number of methoxy groups -OCH3 is 1. The molecule has 0 aliphatic rings. The van der Waals surface area contributed by atoms with Crippen molar-refractivity contribution in [1.82, 2.24) is 20.1 Å². The van der Waals surface area contributed by atoms with Crippen molar-refractivity contribution >= 4 is 39.1 Å². The standard InChI is InChI=1S/C22H19ClN4O3S/c1-13-25-20-21(31-13)19(14-7-9-16(30-2)10-8-14)26-27(22(20)29)12-18(28)24-11-15-5-3-4-6-17(15)23/h3-10H,11-12H2,1-2H3,(H,24,28). The fourth-order valence-electron chi connectivity index (χ4n) is 3.14. The number of amides is 1. The molecule has 1 N–H and O–H groups in total. The summed E-state index contributed by atoms with van der Waals surface area (Å²) in [7, 11) is 1.60. The van der Waals surface area contributed by atoms with Gasteiger partial charge in [-0.15, -0.1) is 11.3 Å². The van der Waals surface area contributed by atoms with E-state index in [2.05, 4.69) is 15.4 Å². The molecule has 158 valence electrons. The van der Waals surface area contributed by atoms with Gasteiger partial charge < -0.3 is 10.1 Å². The molecule has 4 aromatic rings. The molecule has 0 saturated carbocycles. The third-order valence-electron chi connectivity index (χ3n) is 4.70. The van der Waals surface area contributed by atoms with Gasteiger partial charge in [0.1, 0.15) is 18.0 Å². The minimum absolute atomic E-state index is 0.223. The van der Waals surface area contributed by atoms with Crippen molar-refractivity contribution in [3.63, 3.8) is 0 Å². The number of rotatable bonds is 6. The second kappa shape index (κ2) is 8.87. The summed E-state index contributed by atoms with van der Waals surface area (Å²) in [6, 6.07) is 14.6. The molecule has 9 heteroatoms. The van der Waals surface area contributed by atoms with Gasteiger partial charge in [0.2, 0.25) is 5.91 Å². The largest absolute Gasteiger partial charge is 0.497 e. The zero-order chi connectivity index (χ0) is 22.0. The Morgan fingerprint density at radius 2 is 1.94 bits per heavy atom. The van der Waals surface area contributed by atoms with Gasteiger partial charge in [-0.2, -0.15) is 5.10 Å². The van der Waals surface area contributed by atoms with Crippen LogP contribution in [0.3, 0.4) is 0 Å². The molecule has 2 heterocycles. The summed E-state index contributed by atoms with van der Waals surface area (Å²) in [5.74, 6) is 0.370. The van der Waals surface area contributed by atoms with Gasteiger partial charge in [-0.05, 0) is 42.8 Å². The highest BCUT2D eigenvalue weighted by atomic mass is 35.5. The van der Waals surface area contributed by atoms with Gasteiger partial charge in [0.25, 0.3) is 5.56 Å². The Kier molecular flexibility index (Phi) is 6.01. The highest BCUT2D eigenvalue weighted by molar-refractivity contribution is 7.19. The van der Waals surface area contributed by atoms with E-state index >= 15 is 0 Å². The van der Waals surface area contributed by atoms with E-state index in [4.69, 9.17) is 16.3 Å². The Hall–Kier alpha value is -3.23. The maximum absolute atomic E-state index is 12.9. The molecule has 2 aromatic carbocycles. The number of carbonyl (C=O) groups is 1. The third kappa shape index (κ3) is 4.45. The zero-order valence-electron chi connectivity index (χ0n) is 16.9. The monoisotopic (exact) mass is 454 g/mol. The topological polar surface area (TPSA) is 86.1 Å². The summed E-state index contributed by atoms with van der Waals surface area (Å²) in [4.78, 5) is 29.8. The second-order valence-corrected chi connectivity index (χ2v) is 8.43. The summed E-state index contributed by atoms with van der Waals surface area (Å²) < 4.78 is 7.07. The molecule has 4 rings (SSSR count). The number of ether oxygens (including phenoxy) is 1. The first-order valence-corrected chi connectivity index (χ1v) is 10.7. The van der Waals surface area contributed by atoms with E-state index in [-0.39, 0.29) is 19.0 Å². The van der Waals surface area contributed by atoms with Crippen LogP contribution in [0.1, 0.15) is 10.6 Å². The van der Waals surface area contributed by atoms with Crippen molar-refractivity contribution in [1.29, 1.82) is 0 Å². The number of halogens is 1. The molecule has 0 aliphatic carbocycles. The average molecular weight is 455 g/mol. The summed E-state index contributed by atoms with van der Waals surface area (Å²) in [5.41, 5.74) is 2.11.